The zero-order valence-corrected chi connectivity index (χ0v) is 18.1. The first kappa shape index (κ1) is 20.0. The Morgan fingerprint density at radius 2 is 1.71 bits per heavy atom. The number of amides is 1. The largest absolute Gasteiger partial charge is 0.380 e. The van der Waals surface area contributed by atoms with Crippen LogP contribution in [0, 0.1) is 19.8 Å². The lowest BCUT2D eigenvalue weighted by Gasteiger charge is -2.33. The summed E-state index contributed by atoms with van der Waals surface area (Å²) in [4.78, 5) is 30.5. The number of likely N-dealkylation sites (tertiary alicyclic amines) is 1. The molecule has 0 atom stereocenters. The van der Waals surface area contributed by atoms with E-state index in [9.17, 15) is 14.7 Å². The number of ketones is 1. The van der Waals surface area contributed by atoms with Gasteiger partial charge in [0.25, 0.3) is 5.91 Å². The fourth-order valence-electron chi connectivity index (χ4n) is 4.84. The molecule has 1 aliphatic carbocycles. The van der Waals surface area contributed by atoms with Gasteiger partial charge in [-0.15, -0.1) is 0 Å². The Morgan fingerprint density at radius 3 is 2.39 bits per heavy atom. The van der Waals surface area contributed by atoms with Crippen molar-refractivity contribution >= 4 is 22.6 Å². The lowest BCUT2D eigenvalue weighted by molar-refractivity contribution is -0.143. The molecular weight excluding hydrogens is 388 g/mol. The van der Waals surface area contributed by atoms with Crippen LogP contribution in [0.15, 0.2) is 42.6 Å². The van der Waals surface area contributed by atoms with E-state index in [0.29, 0.717) is 38.8 Å². The standard InChI is InChI=1S/C26H28N2O3/c1-16-13-19(21-14-17(2)23-20(15-21)5-10-27-23)3-4-22(16)24(29)18-6-11-28(12-7-18)25(30)26(31)8-9-26/h3-5,10,13-15,18,27,31H,6-9,11-12H2,1-2H3. The molecule has 5 heteroatoms. The summed E-state index contributed by atoms with van der Waals surface area (Å²) >= 11 is 0. The molecular formula is C26H28N2O3. The van der Waals surface area contributed by atoms with Gasteiger partial charge in [0.1, 0.15) is 5.60 Å². The molecule has 31 heavy (non-hydrogen) atoms. The molecule has 3 aromatic rings. The van der Waals surface area contributed by atoms with Gasteiger partial charge in [-0.05, 0) is 80.0 Å². The van der Waals surface area contributed by atoms with Crippen molar-refractivity contribution in [2.24, 2.45) is 5.92 Å². The molecule has 1 aromatic heterocycles. The number of rotatable bonds is 4. The average molecular weight is 417 g/mol. The molecule has 2 fully saturated rings. The molecule has 0 unspecified atom stereocenters. The normalized spacial score (nSPS) is 18.4. The Balaban J connectivity index is 1.31. The number of aliphatic hydroxyl groups is 1. The quantitative estimate of drug-likeness (QED) is 0.619. The van der Waals surface area contributed by atoms with Crippen LogP contribution in [0.4, 0.5) is 0 Å². The third kappa shape index (κ3) is 3.57. The minimum Gasteiger partial charge on any atom is -0.380 e. The van der Waals surface area contributed by atoms with Crippen molar-refractivity contribution in [3.63, 3.8) is 0 Å². The number of Topliss-reactive ketones (excluding diaryl/α,β-unsaturated/α-hetero) is 1. The highest BCUT2D eigenvalue weighted by Crippen LogP contribution is 2.38. The lowest BCUT2D eigenvalue weighted by atomic mass is 9.86. The van der Waals surface area contributed by atoms with E-state index in [2.05, 4.69) is 36.2 Å². The number of aromatic nitrogens is 1. The molecule has 160 valence electrons. The van der Waals surface area contributed by atoms with E-state index in [1.807, 2.05) is 25.3 Å². The van der Waals surface area contributed by atoms with Crippen molar-refractivity contribution in [3.8, 4) is 11.1 Å². The van der Waals surface area contributed by atoms with Gasteiger partial charge < -0.3 is 15.0 Å². The van der Waals surface area contributed by atoms with Gasteiger partial charge in [0.05, 0.1) is 0 Å². The van der Waals surface area contributed by atoms with E-state index in [0.717, 1.165) is 27.8 Å². The van der Waals surface area contributed by atoms with Crippen LogP contribution in [-0.4, -0.2) is 45.4 Å². The molecule has 1 amide bonds. The van der Waals surface area contributed by atoms with Crippen LogP contribution in [0.5, 0.6) is 0 Å². The third-order valence-corrected chi connectivity index (χ3v) is 6.96. The fraction of sp³-hybridized carbons (Fsp3) is 0.385. The summed E-state index contributed by atoms with van der Waals surface area (Å²) in [5, 5.41) is 11.2. The smallest absolute Gasteiger partial charge is 0.254 e. The van der Waals surface area contributed by atoms with Crippen LogP contribution in [-0.2, 0) is 4.79 Å². The number of piperidine rings is 1. The van der Waals surface area contributed by atoms with Crippen molar-refractivity contribution in [2.45, 2.75) is 45.1 Å². The molecule has 2 N–H and O–H groups in total. The third-order valence-electron chi connectivity index (χ3n) is 6.96. The van der Waals surface area contributed by atoms with E-state index in [4.69, 9.17) is 0 Å². The molecule has 5 nitrogen and oxygen atoms in total. The summed E-state index contributed by atoms with van der Waals surface area (Å²) in [6.07, 6.45) is 4.40. The van der Waals surface area contributed by atoms with E-state index in [1.165, 1.54) is 10.9 Å². The van der Waals surface area contributed by atoms with E-state index >= 15 is 0 Å². The molecule has 5 rings (SSSR count). The molecule has 1 saturated heterocycles. The van der Waals surface area contributed by atoms with Gasteiger partial charge in [-0.3, -0.25) is 9.59 Å². The first-order valence-corrected chi connectivity index (χ1v) is 11.1. The number of hydrogen-bond acceptors (Lipinski definition) is 3. The Kier molecular flexibility index (Phi) is 4.74. The van der Waals surface area contributed by atoms with Crippen molar-refractivity contribution in [2.75, 3.05) is 13.1 Å². The molecule has 0 spiro atoms. The van der Waals surface area contributed by atoms with Crippen LogP contribution >= 0.6 is 0 Å². The minimum atomic E-state index is -1.12. The van der Waals surface area contributed by atoms with E-state index in [1.54, 1.807) is 4.90 Å². The number of fused-ring (bicyclic) bond motifs is 1. The number of carbonyl (C=O) groups excluding carboxylic acids is 2. The number of carbonyl (C=O) groups is 2. The summed E-state index contributed by atoms with van der Waals surface area (Å²) in [5.74, 6) is -0.0620. The monoisotopic (exact) mass is 416 g/mol. The molecule has 2 heterocycles. The summed E-state index contributed by atoms with van der Waals surface area (Å²) < 4.78 is 0. The maximum atomic E-state index is 13.2. The minimum absolute atomic E-state index is 0.0686. The number of aryl methyl sites for hydroxylation is 2. The molecule has 2 aliphatic rings. The summed E-state index contributed by atoms with van der Waals surface area (Å²) in [7, 11) is 0. The van der Waals surface area contributed by atoms with Gasteiger partial charge in [0.2, 0.25) is 0 Å². The maximum absolute atomic E-state index is 13.2. The number of hydrogen-bond donors (Lipinski definition) is 2. The Hall–Kier alpha value is -2.92. The highest BCUT2D eigenvalue weighted by Gasteiger charge is 2.50. The summed E-state index contributed by atoms with van der Waals surface area (Å²) in [6.45, 7) is 5.20. The van der Waals surface area contributed by atoms with E-state index < -0.39 is 5.60 Å². The Bertz CT molecular complexity index is 1180. The number of benzene rings is 2. The predicted octanol–water partition coefficient (Wildman–Crippen LogP) is 4.40. The first-order valence-electron chi connectivity index (χ1n) is 11.1. The van der Waals surface area contributed by atoms with Crippen molar-refractivity contribution < 1.29 is 14.7 Å². The summed E-state index contributed by atoms with van der Waals surface area (Å²) in [6, 6.07) is 12.5. The van der Waals surface area contributed by atoms with Crippen LogP contribution in [0.1, 0.15) is 47.2 Å². The topological polar surface area (TPSA) is 73.4 Å². The predicted molar refractivity (Wildman–Crippen MR) is 121 cm³/mol. The Labute approximate surface area is 182 Å². The molecule has 1 saturated carbocycles. The molecule has 1 aliphatic heterocycles. The summed E-state index contributed by atoms with van der Waals surface area (Å²) in [5.41, 5.74) is 5.26. The van der Waals surface area contributed by atoms with Crippen LogP contribution in [0.3, 0.4) is 0 Å². The van der Waals surface area contributed by atoms with Crippen LogP contribution in [0.25, 0.3) is 22.0 Å². The van der Waals surface area contributed by atoms with Gasteiger partial charge in [-0.2, -0.15) is 0 Å². The van der Waals surface area contributed by atoms with E-state index in [-0.39, 0.29) is 17.6 Å². The molecule has 0 bridgehead atoms. The SMILES string of the molecule is Cc1cc(-c2cc(C)c3[nH]ccc3c2)ccc1C(=O)C1CCN(C(=O)C2(O)CC2)CC1. The van der Waals surface area contributed by atoms with Crippen molar-refractivity contribution in [1.29, 1.82) is 0 Å². The number of aromatic amines is 1. The molecule has 0 radical (unpaired) electrons. The zero-order valence-electron chi connectivity index (χ0n) is 18.1. The average Bonchev–Trinajstić information content (AvgIpc) is 3.33. The van der Waals surface area contributed by atoms with Gasteiger partial charge >= 0.3 is 0 Å². The Morgan fingerprint density at radius 1 is 1.00 bits per heavy atom. The molecule has 2 aromatic carbocycles. The highest BCUT2D eigenvalue weighted by atomic mass is 16.3. The van der Waals surface area contributed by atoms with Crippen molar-refractivity contribution in [1.82, 2.24) is 9.88 Å². The van der Waals surface area contributed by atoms with Crippen LogP contribution in [0.2, 0.25) is 0 Å². The van der Waals surface area contributed by atoms with Gasteiger partial charge in [0.15, 0.2) is 5.78 Å². The zero-order chi connectivity index (χ0) is 21.8. The van der Waals surface area contributed by atoms with Gasteiger partial charge in [-0.25, -0.2) is 0 Å². The number of H-pyrrole nitrogens is 1. The second-order valence-corrected chi connectivity index (χ2v) is 9.23. The second-order valence-electron chi connectivity index (χ2n) is 9.23. The first-order chi connectivity index (χ1) is 14.9. The lowest BCUT2D eigenvalue weighted by Crippen LogP contribution is -2.46. The fourth-order valence-corrected chi connectivity index (χ4v) is 4.84. The van der Waals surface area contributed by atoms with Crippen molar-refractivity contribution in [3.05, 3.63) is 59.3 Å². The highest BCUT2D eigenvalue weighted by molar-refractivity contribution is 6.00. The van der Waals surface area contributed by atoms with Gasteiger partial charge in [-0.1, -0.05) is 18.2 Å². The van der Waals surface area contributed by atoms with Gasteiger partial charge in [0, 0.05) is 41.7 Å². The maximum Gasteiger partial charge on any atom is 0.254 e. The second kappa shape index (κ2) is 7.34. The number of nitrogens with zero attached hydrogens (tertiary/aromatic N) is 1. The van der Waals surface area contributed by atoms with Crippen LogP contribution < -0.4 is 0 Å². The number of nitrogens with one attached hydrogen (secondary N) is 1.